The van der Waals surface area contributed by atoms with Crippen molar-refractivity contribution in [3.63, 3.8) is 0 Å². The Morgan fingerprint density at radius 1 is 1.39 bits per heavy atom. The van der Waals surface area contributed by atoms with Crippen molar-refractivity contribution in [3.8, 4) is 0 Å². The van der Waals surface area contributed by atoms with E-state index in [1.807, 2.05) is 20.8 Å². The third-order valence-corrected chi connectivity index (χ3v) is 2.70. The summed E-state index contributed by atoms with van der Waals surface area (Å²) in [5.74, 6) is 0. The summed E-state index contributed by atoms with van der Waals surface area (Å²) in [6, 6.07) is 0.137. The number of ether oxygens (including phenoxy) is 1. The fourth-order valence-electron chi connectivity index (χ4n) is 1.88. The zero-order valence-electron chi connectivity index (χ0n) is 11.8. The molecule has 0 saturated carbocycles. The molecule has 0 N–H and O–H groups in total. The molecular weight excluding hydrogens is 305 g/mol. The zero-order chi connectivity index (χ0) is 13.1. The van der Waals surface area contributed by atoms with Gasteiger partial charge in [0.15, 0.2) is 0 Å². The second kappa shape index (κ2) is 7.81. The number of carbonyl (C=O) groups is 1. The summed E-state index contributed by atoms with van der Waals surface area (Å²) in [6.07, 6.45) is 0.638. The van der Waals surface area contributed by atoms with E-state index in [-0.39, 0.29) is 44.8 Å². The van der Waals surface area contributed by atoms with Crippen LogP contribution < -0.4 is 0 Å². The van der Waals surface area contributed by atoms with E-state index in [4.69, 9.17) is 4.74 Å². The van der Waals surface area contributed by atoms with E-state index in [0.29, 0.717) is 13.1 Å². The number of piperazine rings is 1. The maximum Gasteiger partial charge on any atom is 0.410 e. The molecule has 0 aromatic rings. The number of hydrogen-bond donors (Lipinski definition) is 0. The molecule has 1 amide bonds. The van der Waals surface area contributed by atoms with E-state index in [1.165, 1.54) is 0 Å². The van der Waals surface area contributed by atoms with Gasteiger partial charge in [-0.15, -0.1) is 0 Å². The summed E-state index contributed by atoms with van der Waals surface area (Å²) in [4.78, 5) is 15.9. The predicted molar refractivity (Wildman–Crippen MR) is 68.5 cm³/mol. The van der Waals surface area contributed by atoms with E-state index in [1.54, 1.807) is 4.90 Å². The van der Waals surface area contributed by atoms with Gasteiger partial charge in [0.1, 0.15) is 5.60 Å². The van der Waals surface area contributed by atoms with Gasteiger partial charge in [0.05, 0.1) is 0 Å². The Morgan fingerprint density at radius 2 is 2.00 bits per heavy atom. The summed E-state index contributed by atoms with van der Waals surface area (Å²) >= 11 is 0. The number of rotatable bonds is 2. The molecule has 18 heavy (non-hydrogen) atoms. The average Bonchev–Trinajstić information content (AvgIpc) is 2.18. The molecule has 5 heteroatoms. The fraction of sp³-hybridized carbons (Fsp3) is 0.769. The number of amides is 1. The van der Waals surface area contributed by atoms with Crippen LogP contribution in [0, 0.1) is 13.8 Å². The minimum atomic E-state index is -0.432. The van der Waals surface area contributed by atoms with Gasteiger partial charge in [-0.3, -0.25) is 0 Å². The molecule has 1 atom stereocenters. The normalized spacial score (nSPS) is 21.4. The van der Waals surface area contributed by atoms with E-state index in [9.17, 15) is 4.79 Å². The standard InChI is InChI=1S/C13H24N2O2.Y/c1-6-7-14-8-9-15(10-11(14)2)12(16)17-13(3,4)5;/h11H,1-2,6-10H2,3-5H3;/q-2;. The molecule has 0 aliphatic carbocycles. The van der Waals surface area contributed by atoms with Crippen LogP contribution in [0.25, 0.3) is 0 Å². The smallest absolute Gasteiger partial charge is 0.410 e. The molecular formula is C13H24N2O2Y-2. The topological polar surface area (TPSA) is 32.8 Å². The van der Waals surface area contributed by atoms with Gasteiger partial charge in [0, 0.05) is 52.3 Å². The van der Waals surface area contributed by atoms with Crippen molar-refractivity contribution in [2.75, 3.05) is 26.2 Å². The van der Waals surface area contributed by atoms with Crippen LogP contribution in [0.2, 0.25) is 0 Å². The van der Waals surface area contributed by atoms with Gasteiger partial charge in [0.25, 0.3) is 0 Å². The quantitative estimate of drug-likeness (QED) is 0.726. The van der Waals surface area contributed by atoms with Crippen molar-refractivity contribution in [2.24, 2.45) is 0 Å². The molecule has 1 aliphatic heterocycles. The summed E-state index contributed by atoms with van der Waals surface area (Å²) in [7, 11) is 0. The van der Waals surface area contributed by atoms with E-state index in [2.05, 4.69) is 18.7 Å². The molecule has 1 aliphatic rings. The summed E-state index contributed by atoms with van der Waals surface area (Å²) < 4.78 is 5.35. The summed E-state index contributed by atoms with van der Waals surface area (Å²) in [5.41, 5.74) is -0.432. The molecule has 1 rings (SSSR count). The molecule has 1 radical (unpaired) electrons. The van der Waals surface area contributed by atoms with E-state index < -0.39 is 5.60 Å². The molecule has 0 bridgehead atoms. The van der Waals surface area contributed by atoms with Crippen LogP contribution in [-0.4, -0.2) is 53.7 Å². The Labute approximate surface area is 136 Å². The molecule has 1 heterocycles. The predicted octanol–water partition coefficient (Wildman–Crippen LogP) is 1.96. The van der Waals surface area contributed by atoms with Crippen LogP contribution in [0.1, 0.15) is 27.2 Å². The number of nitrogens with zero attached hydrogens (tertiary/aromatic N) is 2. The maximum atomic E-state index is 11.9. The van der Waals surface area contributed by atoms with E-state index in [0.717, 1.165) is 19.5 Å². The zero-order valence-corrected chi connectivity index (χ0v) is 14.7. The van der Waals surface area contributed by atoms with Crippen LogP contribution in [0.5, 0.6) is 0 Å². The van der Waals surface area contributed by atoms with Crippen molar-refractivity contribution in [1.82, 2.24) is 9.80 Å². The minimum absolute atomic E-state index is 0. The molecule has 4 nitrogen and oxygen atoms in total. The molecule has 0 aromatic carbocycles. The Morgan fingerprint density at radius 3 is 2.44 bits per heavy atom. The first kappa shape index (κ1) is 18.3. The van der Waals surface area contributed by atoms with Gasteiger partial charge in [-0.1, -0.05) is 6.04 Å². The van der Waals surface area contributed by atoms with Crippen LogP contribution in [0.4, 0.5) is 4.79 Å². The first-order chi connectivity index (χ1) is 7.83. The van der Waals surface area contributed by atoms with Crippen molar-refractivity contribution >= 4 is 6.09 Å². The SMILES string of the molecule is [CH2-]CCN1CCN(C(=O)OC(C)(C)C)CC1[CH2-].[Y]. The van der Waals surface area contributed by atoms with Gasteiger partial charge in [-0.05, 0) is 27.3 Å². The number of hydrogen-bond acceptors (Lipinski definition) is 3. The van der Waals surface area contributed by atoms with Crippen molar-refractivity contribution in [3.05, 3.63) is 13.8 Å². The molecule has 0 aromatic heterocycles. The van der Waals surface area contributed by atoms with Crippen LogP contribution in [0.15, 0.2) is 0 Å². The Hall–Kier alpha value is 0.334. The summed E-state index contributed by atoms with van der Waals surface area (Å²) in [5, 5.41) is 0. The third kappa shape index (κ3) is 5.98. The largest absolute Gasteiger partial charge is 0.444 e. The number of carbonyl (C=O) groups excluding carboxylic acids is 1. The monoisotopic (exact) mass is 329 g/mol. The van der Waals surface area contributed by atoms with Gasteiger partial charge in [0.2, 0.25) is 0 Å². The van der Waals surface area contributed by atoms with Crippen molar-refractivity contribution in [2.45, 2.75) is 38.8 Å². The fourth-order valence-corrected chi connectivity index (χ4v) is 1.88. The molecule has 1 unspecified atom stereocenters. The third-order valence-electron chi connectivity index (χ3n) is 2.70. The molecule has 1 saturated heterocycles. The first-order valence-corrected chi connectivity index (χ1v) is 6.18. The van der Waals surface area contributed by atoms with Crippen LogP contribution >= 0.6 is 0 Å². The van der Waals surface area contributed by atoms with Crippen molar-refractivity contribution in [1.29, 1.82) is 0 Å². The van der Waals surface area contributed by atoms with Gasteiger partial charge < -0.3 is 28.4 Å². The first-order valence-electron chi connectivity index (χ1n) is 6.18. The van der Waals surface area contributed by atoms with E-state index >= 15 is 0 Å². The Balaban J connectivity index is 0.00000289. The minimum Gasteiger partial charge on any atom is -0.444 e. The van der Waals surface area contributed by atoms with Gasteiger partial charge in [-0.25, -0.2) is 4.79 Å². The second-order valence-electron chi connectivity index (χ2n) is 5.47. The Kier molecular flexibility index (Phi) is 7.95. The molecule has 1 fully saturated rings. The van der Waals surface area contributed by atoms with Crippen LogP contribution in [-0.2, 0) is 37.4 Å². The van der Waals surface area contributed by atoms with Gasteiger partial charge >= 0.3 is 6.09 Å². The maximum absolute atomic E-state index is 11.9. The van der Waals surface area contributed by atoms with Crippen molar-refractivity contribution < 1.29 is 42.2 Å². The molecule has 103 valence electrons. The second-order valence-corrected chi connectivity index (χ2v) is 5.47. The Bertz CT molecular complexity index is 266. The average molecular weight is 329 g/mol. The van der Waals surface area contributed by atoms with Gasteiger partial charge in [-0.2, -0.15) is 6.42 Å². The van der Waals surface area contributed by atoms with Crippen LogP contribution in [0.3, 0.4) is 0 Å². The molecule has 0 spiro atoms. The summed E-state index contributed by atoms with van der Waals surface area (Å²) in [6.45, 7) is 16.7.